The van der Waals surface area contributed by atoms with Gasteiger partial charge in [-0.15, -0.1) is 11.3 Å². The van der Waals surface area contributed by atoms with Crippen molar-refractivity contribution in [3.63, 3.8) is 0 Å². The van der Waals surface area contributed by atoms with Gasteiger partial charge >= 0.3 is 0 Å². The molecule has 0 saturated heterocycles. The van der Waals surface area contributed by atoms with Crippen molar-refractivity contribution in [2.45, 2.75) is 32.2 Å². The highest BCUT2D eigenvalue weighted by atomic mass is 32.1. The van der Waals surface area contributed by atoms with E-state index in [0.29, 0.717) is 10.6 Å². The number of carbonyl (C=O) groups excluding carboxylic acids is 1. The Morgan fingerprint density at radius 2 is 2.22 bits per heavy atom. The molecule has 3 rings (SSSR count). The molecule has 2 aromatic rings. The Balaban J connectivity index is 2.01. The maximum absolute atomic E-state index is 12.2. The zero-order valence-electron chi connectivity index (χ0n) is 10.4. The van der Waals surface area contributed by atoms with Gasteiger partial charge in [-0.3, -0.25) is 4.79 Å². The predicted molar refractivity (Wildman–Crippen MR) is 73.9 cm³/mol. The van der Waals surface area contributed by atoms with Crippen molar-refractivity contribution in [3.05, 3.63) is 22.7 Å². The number of hydrogen-bond acceptors (Lipinski definition) is 4. The van der Waals surface area contributed by atoms with Gasteiger partial charge < -0.3 is 11.1 Å². The van der Waals surface area contributed by atoms with Gasteiger partial charge in [0.05, 0.1) is 5.69 Å². The maximum atomic E-state index is 12.2. The van der Waals surface area contributed by atoms with E-state index in [0.717, 1.165) is 28.8 Å². The van der Waals surface area contributed by atoms with E-state index < -0.39 is 0 Å². The Morgan fingerprint density at radius 3 is 2.89 bits per heavy atom. The second kappa shape index (κ2) is 3.68. The number of thiophene rings is 1. The summed E-state index contributed by atoms with van der Waals surface area (Å²) in [5.74, 6) is -0.0758. The van der Waals surface area contributed by atoms with E-state index in [1.54, 1.807) is 0 Å². The number of nitrogens with zero attached hydrogens (tertiary/aromatic N) is 1. The number of hydrogen-bond donors (Lipinski definition) is 2. The third-order valence-electron chi connectivity index (χ3n) is 3.35. The average molecular weight is 261 g/mol. The van der Waals surface area contributed by atoms with Crippen LogP contribution in [0.4, 0.5) is 5.69 Å². The third kappa shape index (κ3) is 1.84. The number of carbonyl (C=O) groups is 1. The highest BCUT2D eigenvalue weighted by Gasteiger charge is 2.39. The molecule has 2 aromatic heterocycles. The van der Waals surface area contributed by atoms with Gasteiger partial charge in [-0.1, -0.05) is 0 Å². The first kappa shape index (κ1) is 11.5. The standard InChI is InChI=1S/C13H15N3OS/c1-7-3-4-8-9(14)10(18-12(8)15-7)11(17)16-13(2)5-6-13/h3-4H,5-6,14H2,1-2H3,(H,16,17). The Hall–Kier alpha value is -1.62. The monoisotopic (exact) mass is 261 g/mol. The minimum atomic E-state index is -0.0758. The van der Waals surface area contributed by atoms with Crippen molar-refractivity contribution in [2.75, 3.05) is 5.73 Å². The molecular weight excluding hydrogens is 246 g/mol. The Kier molecular flexibility index (Phi) is 2.35. The number of aromatic nitrogens is 1. The summed E-state index contributed by atoms with van der Waals surface area (Å²) >= 11 is 1.37. The molecule has 2 heterocycles. The van der Waals surface area contributed by atoms with Gasteiger partial charge in [-0.25, -0.2) is 4.98 Å². The fourth-order valence-electron chi connectivity index (χ4n) is 1.90. The molecule has 1 saturated carbocycles. The van der Waals surface area contributed by atoms with Gasteiger partial charge in [0.25, 0.3) is 5.91 Å². The lowest BCUT2D eigenvalue weighted by molar-refractivity contribution is 0.0940. The van der Waals surface area contributed by atoms with Crippen LogP contribution in [-0.4, -0.2) is 16.4 Å². The molecule has 4 nitrogen and oxygen atoms in total. The van der Waals surface area contributed by atoms with E-state index in [1.807, 2.05) is 19.1 Å². The quantitative estimate of drug-likeness (QED) is 0.872. The van der Waals surface area contributed by atoms with Gasteiger partial charge in [-0.2, -0.15) is 0 Å². The zero-order chi connectivity index (χ0) is 12.9. The van der Waals surface area contributed by atoms with Crippen molar-refractivity contribution in [1.29, 1.82) is 0 Å². The third-order valence-corrected chi connectivity index (χ3v) is 4.47. The number of amides is 1. The molecule has 0 unspecified atom stereocenters. The molecule has 1 amide bonds. The molecule has 0 spiro atoms. The van der Waals surface area contributed by atoms with E-state index in [1.165, 1.54) is 11.3 Å². The normalized spacial score (nSPS) is 16.8. The molecule has 0 bridgehead atoms. The van der Waals surface area contributed by atoms with Crippen LogP contribution in [0.25, 0.3) is 10.2 Å². The van der Waals surface area contributed by atoms with Gasteiger partial charge in [0.15, 0.2) is 0 Å². The van der Waals surface area contributed by atoms with Crippen molar-refractivity contribution in [3.8, 4) is 0 Å². The SMILES string of the molecule is Cc1ccc2c(N)c(C(=O)NC3(C)CC3)sc2n1. The van der Waals surface area contributed by atoms with Gasteiger partial charge in [0, 0.05) is 16.6 Å². The van der Waals surface area contributed by atoms with E-state index in [9.17, 15) is 4.79 Å². The number of fused-ring (bicyclic) bond motifs is 1. The van der Waals surface area contributed by atoms with E-state index in [2.05, 4.69) is 17.2 Å². The molecule has 0 atom stereocenters. The lowest BCUT2D eigenvalue weighted by Gasteiger charge is -2.10. The second-order valence-corrected chi connectivity index (χ2v) is 6.16. The number of anilines is 1. The molecule has 94 valence electrons. The van der Waals surface area contributed by atoms with Crippen LogP contribution in [0, 0.1) is 6.92 Å². The summed E-state index contributed by atoms with van der Waals surface area (Å²) in [6.45, 7) is 3.98. The molecule has 5 heteroatoms. The van der Waals surface area contributed by atoms with Crippen LogP contribution in [0.5, 0.6) is 0 Å². The molecule has 0 aromatic carbocycles. The van der Waals surface area contributed by atoms with Crippen LogP contribution in [0.15, 0.2) is 12.1 Å². The molecule has 1 aliphatic rings. The van der Waals surface area contributed by atoms with Crippen LogP contribution in [0.2, 0.25) is 0 Å². The molecule has 1 aliphatic carbocycles. The summed E-state index contributed by atoms with van der Waals surface area (Å²) in [7, 11) is 0. The minimum Gasteiger partial charge on any atom is -0.397 e. The molecule has 0 radical (unpaired) electrons. The van der Waals surface area contributed by atoms with Crippen LogP contribution < -0.4 is 11.1 Å². The molecule has 0 aliphatic heterocycles. The smallest absolute Gasteiger partial charge is 0.263 e. The highest BCUT2D eigenvalue weighted by Crippen LogP contribution is 2.37. The first-order valence-corrected chi connectivity index (χ1v) is 6.78. The van der Waals surface area contributed by atoms with E-state index in [4.69, 9.17) is 5.73 Å². The second-order valence-electron chi connectivity index (χ2n) is 5.16. The molecule has 1 fully saturated rings. The predicted octanol–water partition coefficient (Wildman–Crippen LogP) is 2.47. The summed E-state index contributed by atoms with van der Waals surface area (Å²) in [6, 6.07) is 3.84. The lowest BCUT2D eigenvalue weighted by atomic mass is 10.2. The Bertz CT molecular complexity index is 643. The Labute approximate surface area is 109 Å². The van der Waals surface area contributed by atoms with Crippen molar-refractivity contribution < 1.29 is 4.79 Å². The number of nitrogens with two attached hydrogens (primary N) is 1. The lowest BCUT2D eigenvalue weighted by Crippen LogP contribution is -2.34. The fraction of sp³-hybridized carbons (Fsp3) is 0.385. The summed E-state index contributed by atoms with van der Waals surface area (Å²) < 4.78 is 0. The van der Waals surface area contributed by atoms with Crippen molar-refractivity contribution in [1.82, 2.24) is 10.3 Å². The Morgan fingerprint density at radius 1 is 1.50 bits per heavy atom. The summed E-state index contributed by atoms with van der Waals surface area (Å²) in [5, 5.41) is 3.90. The van der Waals surface area contributed by atoms with Gasteiger partial charge in [0.2, 0.25) is 0 Å². The topological polar surface area (TPSA) is 68.0 Å². The largest absolute Gasteiger partial charge is 0.397 e. The molecule has 18 heavy (non-hydrogen) atoms. The highest BCUT2D eigenvalue weighted by molar-refractivity contribution is 7.21. The van der Waals surface area contributed by atoms with Crippen LogP contribution in [0.3, 0.4) is 0 Å². The number of pyridine rings is 1. The maximum Gasteiger partial charge on any atom is 0.263 e. The number of nitrogens with one attached hydrogen (secondary N) is 1. The number of nitrogen functional groups attached to an aromatic ring is 1. The average Bonchev–Trinajstić information content (AvgIpc) is 2.93. The van der Waals surface area contributed by atoms with Gasteiger partial charge in [0.1, 0.15) is 9.71 Å². The van der Waals surface area contributed by atoms with Crippen LogP contribution in [0.1, 0.15) is 35.1 Å². The fourth-order valence-corrected chi connectivity index (χ4v) is 2.94. The summed E-state index contributed by atoms with van der Waals surface area (Å²) in [5.41, 5.74) is 7.49. The minimum absolute atomic E-state index is 0.0248. The van der Waals surface area contributed by atoms with Crippen LogP contribution >= 0.6 is 11.3 Å². The number of rotatable bonds is 2. The number of aryl methyl sites for hydroxylation is 1. The molecule has 3 N–H and O–H groups in total. The van der Waals surface area contributed by atoms with Crippen molar-refractivity contribution in [2.24, 2.45) is 0 Å². The first-order chi connectivity index (χ1) is 8.48. The summed E-state index contributed by atoms with van der Waals surface area (Å²) in [6.07, 6.45) is 2.09. The summed E-state index contributed by atoms with van der Waals surface area (Å²) in [4.78, 5) is 18.0. The molecular formula is C13H15N3OS. The van der Waals surface area contributed by atoms with E-state index in [-0.39, 0.29) is 11.4 Å². The zero-order valence-corrected chi connectivity index (χ0v) is 11.2. The van der Waals surface area contributed by atoms with Gasteiger partial charge in [-0.05, 0) is 38.8 Å². The van der Waals surface area contributed by atoms with Crippen molar-refractivity contribution >= 4 is 33.1 Å². The first-order valence-electron chi connectivity index (χ1n) is 5.97. The van der Waals surface area contributed by atoms with Crippen LogP contribution in [-0.2, 0) is 0 Å². The van der Waals surface area contributed by atoms with E-state index >= 15 is 0 Å².